The van der Waals surface area contributed by atoms with E-state index >= 15 is 0 Å². The zero-order chi connectivity index (χ0) is 15.0. The maximum absolute atomic E-state index is 6.18. The molecule has 0 unspecified atom stereocenters. The Hall–Kier alpha value is -2.96. The van der Waals surface area contributed by atoms with Crippen molar-refractivity contribution in [1.82, 2.24) is 9.78 Å². The molecule has 0 amide bonds. The molecule has 21 heavy (non-hydrogen) atoms. The van der Waals surface area contributed by atoms with Crippen LogP contribution in [0.2, 0.25) is 0 Å². The Kier molecular flexibility index (Phi) is 3.02. The summed E-state index contributed by atoms with van der Waals surface area (Å²) in [6.07, 6.45) is 0. The third-order valence-corrected chi connectivity index (χ3v) is 3.18. The Morgan fingerprint density at radius 3 is 2.38 bits per heavy atom. The first-order valence-corrected chi connectivity index (χ1v) is 6.45. The number of aryl methyl sites for hydroxylation is 1. The van der Waals surface area contributed by atoms with Crippen LogP contribution in [0.3, 0.4) is 0 Å². The summed E-state index contributed by atoms with van der Waals surface area (Å²) in [6.45, 7) is 3.65. The predicted molar refractivity (Wildman–Crippen MR) is 84.5 cm³/mol. The molecule has 0 aliphatic carbocycles. The minimum absolute atomic E-state index is 0.291. The van der Waals surface area contributed by atoms with Crippen LogP contribution in [0.15, 0.2) is 45.5 Å². The fourth-order valence-corrected chi connectivity index (χ4v) is 2.10. The van der Waals surface area contributed by atoms with Gasteiger partial charge in [-0.2, -0.15) is 10.2 Å². The highest BCUT2D eigenvalue weighted by Crippen LogP contribution is 2.29. The molecule has 7 heteroatoms. The number of para-hydroxylation sites is 1. The van der Waals surface area contributed by atoms with Crippen molar-refractivity contribution in [1.29, 1.82) is 0 Å². The molecule has 106 valence electrons. The molecule has 0 fully saturated rings. The normalized spacial score (nSPS) is 16.2. The van der Waals surface area contributed by atoms with E-state index in [9.17, 15) is 0 Å². The second kappa shape index (κ2) is 4.86. The number of nitrogen functional groups attached to an aromatic ring is 1. The van der Waals surface area contributed by atoms with E-state index in [1.807, 2.05) is 37.3 Å². The number of aromatic nitrogens is 2. The van der Waals surface area contributed by atoms with Crippen molar-refractivity contribution in [2.75, 3.05) is 5.73 Å². The quantitative estimate of drug-likeness (QED) is 0.872. The van der Waals surface area contributed by atoms with Gasteiger partial charge in [0.1, 0.15) is 11.4 Å². The molecule has 1 aliphatic heterocycles. The van der Waals surface area contributed by atoms with Crippen LogP contribution in [0.1, 0.15) is 12.6 Å². The third-order valence-electron chi connectivity index (χ3n) is 3.18. The first-order chi connectivity index (χ1) is 10.1. The molecule has 2 heterocycles. The monoisotopic (exact) mass is 281 g/mol. The molecule has 3 rings (SSSR count). The van der Waals surface area contributed by atoms with Gasteiger partial charge >= 0.3 is 0 Å². The largest absolute Gasteiger partial charge is 0.382 e. The van der Waals surface area contributed by atoms with E-state index in [-0.39, 0.29) is 0 Å². The minimum atomic E-state index is 0.291. The average molecular weight is 281 g/mol. The molecule has 0 atom stereocenters. The molecule has 4 N–H and O–H groups in total. The Morgan fingerprint density at radius 2 is 1.76 bits per heavy atom. The first kappa shape index (κ1) is 13.0. The second-order valence-corrected chi connectivity index (χ2v) is 4.70. The van der Waals surface area contributed by atoms with Gasteiger partial charge in [0.2, 0.25) is 0 Å². The highest BCUT2D eigenvalue weighted by atomic mass is 15.3. The highest BCUT2D eigenvalue weighted by Gasteiger charge is 2.19. The molecular weight excluding hydrogens is 266 g/mol. The van der Waals surface area contributed by atoms with Crippen LogP contribution < -0.4 is 11.5 Å². The molecule has 1 aliphatic rings. The summed E-state index contributed by atoms with van der Waals surface area (Å²) >= 11 is 0. The molecule has 0 saturated carbocycles. The van der Waals surface area contributed by atoms with Gasteiger partial charge in [0.05, 0.1) is 17.1 Å². The fourth-order valence-electron chi connectivity index (χ4n) is 2.10. The summed E-state index contributed by atoms with van der Waals surface area (Å²) in [4.78, 5) is 4.49. The highest BCUT2D eigenvalue weighted by molar-refractivity contribution is 6.69. The number of hydrogen-bond donors (Lipinski definition) is 2. The maximum Gasteiger partial charge on any atom is 0.173 e. The molecule has 1 aromatic heterocycles. The predicted octanol–water partition coefficient (Wildman–Crippen LogP) is 1.58. The van der Waals surface area contributed by atoms with E-state index < -0.39 is 0 Å². The van der Waals surface area contributed by atoms with E-state index in [1.165, 1.54) is 0 Å². The van der Waals surface area contributed by atoms with Crippen LogP contribution in [0.5, 0.6) is 0 Å². The average Bonchev–Trinajstić information content (AvgIpc) is 2.95. The van der Waals surface area contributed by atoms with E-state index in [0.29, 0.717) is 28.8 Å². The van der Waals surface area contributed by atoms with E-state index in [0.717, 1.165) is 11.4 Å². The van der Waals surface area contributed by atoms with Crippen molar-refractivity contribution in [3.8, 4) is 5.69 Å². The number of anilines is 1. The number of hydrogen-bond acceptors (Lipinski definition) is 6. The topological polar surface area (TPSA) is 107 Å². The van der Waals surface area contributed by atoms with Crippen molar-refractivity contribution >= 4 is 28.8 Å². The van der Waals surface area contributed by atoms with Crippen LogP contribution in [-0.2, 0) is 0 Å². The van der Waals surface area contributed by atoms with Gasteiger partial charge in [0.25, 0.3) is 0 Å². The van der Waals surface area contributed by atoms with Crippen LogP contribution in [-0.4, -0.2) is 27.0 Å². The Morgan fingerprint density at radius 1 is 1.05 bits per heavy atom. The van der Waals surface area contributed by atoms with Crippen molar-refractivity contribution in [2.24, 2.45) is 20.9 Å². The van der Waals surface area contributed by atoms with E-state index in [1.54, 1.807) is 11.6 Å². The molecule has 0 bridgehead atoms. The van der Waals surface area contributed by atoms with Crippen LogP contribution in [0, 0.1) is 6.92 Å². The molecule has 1 aromatic carbocycles. The smallest absolute Gasteiger partial charge is 0.173 e. The zero-order valence-corrected chi connectivity index (χ0v) is 11.8. The van der Waals surface area contributed by atoms with Crippen molar-refractivity contribution in [2.45, 2.75) is 13.8 Å². The van der Waals surface area contributed by atoms with Gasteiger partial charge in [0, 0.05) is 0 Å². The van der Waals surface area contributed by atoms with Gasteiger partial charge in [0.15, 0.2) is 11.7 Å². The molecule has 0 saturated heterocycles. The summed E-state index contributed by atoms with van der Waals surface area (Å²) in [7, 11) is 0. The zero-order valence-electron chi connectivity index (χ0n) is 11.8. The van der Waals surface area contributed by atoms with Gasteiger partial charge in [-0.15, -0.1) is 5.10 Å². The Labute approximate surface area is 121 Å². The summed E-state index contributed by atoms with van der Waals surface area (Å²) in [6, 6.07) is 9.65. The summed E-state index contributed by atoms with van der Waals surface area (Å²) in [5.74, 6) is 0.748. The fraction of sp³-hybridized carbons (Fsp3) is 0.143. The molecule has 0 radical (unpaired) electrons. The molecule has 2 aromatic rings. The van der Waals surface area contributed by atoms with Crippen molar-refractivity contribution < 1.29 is 0 Å². The standard InChI is InChI=1S/C14H15N7/c1-8-11(13(15)19-18-8)17-12-9(2)20-21(14(12)16)10-6-4-3-5-7-10/h3-7H,16H2,1-2H3,(H2,15,17,19). The summed E-state index contributed by atoms with van der Waals surface area (Å²) < 4.78 is 1.66. The lowest BCUT2D eigenvalue weighted by Crippen LogP contribution is -2.25. The number of rotatable bonds is 2. The van der Waals surface area contributed by atoms with Crippen LogP contribution in [0.4, 0.5) is 11.5 Å². The van der Waals surface area contributed by atoms with Gasteiger partial charge in [-0.1, -0.05) is 18.2 Å². The number of nitrogens with two attached hydrogens (primary N) is 2. The summed E-state index contributed by atoms with van der Waals surface area (Å²) in [5, 5.41) is 12.1. The Balaban J connectivity index is 2.10. The van der Waals surface area contributed by atoms with Crippen LogP contribution >= 0.6 is 0 Å². The van der Waals surface area contributed by atoms with E-state index in [4.69, 9.17) is 11.5 Å². The summed E-state index contributed by atoms with van der Waals surface area (Å²) in [5.41, 5.74) is 15.3. The third kappa shape index (κ3) is 2.18. The van der Waals surface area contributed by atoms with E-state index in [2.05, 4.69) is 20.3 Å². The number of nitrogens with zero attached hydrogens (tertiary/aromatic N) is 5. The van der Waals surface area contributed by atoms with Crippen LogP contribution in [0.25, 0.3) is 5.69 Å². The van der Waals surface area contributed by atoms with Gasteiger partial charge < -0.3 is 11.5 Å². The number of amidine groups is 1. The molecular formula is C14H15N7. The molecule has 7 nitrogen and oxygen atoms in total. The van der Waals surface area contributed by atoms with Gasteiger partial charge in [-0.05, 0) is 26.0 Å². The maximum atomic E-state index is 6.18. The molecule has 0 spiro atoms. The Bertz CT molecular complexity index is 761. The number of benzene rings is 1. The first-order valence-electron chi connectivity index (χ1n) is 6.45. The minimum Gasteiger partial charge on any atom is -0.382 e. The number of aliphatic imine (C=N–C) groups is 1. The van der Waals surface area contributed by atoms with Crippen molar-refractivity contribution in [3.05, 3.63) is 36.0 Å². The SMILES string of the molecule is CC1=NN=C(N)C1=Nc1c(C)nn(-c2ccccc2)c1N. The van der Waals surface area contributed by atoms with Crippen molar-refractivity contribution in [3.63, 3.8) is 0 Å². The second-order valence-electron chi connectivity index (χ2n) is 4.70. The lowest BCUT2D eigenvalue weighted by atomic mass is 10.2. The van der Waals surface area contributed by atoms with Gasteiger partial charge in [-0.25, -0.2) is 9.67 Å². The lowest BCUT2D eigenvalue weighted by molar-refractivity contribution is 0.872. The van der Waals surface area contributed by atoms with Gasteiger partial charge in [-0.3, -0.25) is 0 Å². The lowest BCUT2D eigenvalue weighted by Gasteiger charge is -2.03.